The predicted octanol–water partition coefficient (Wildman–Crippen LogP) is 3.87. The number of likely N-dealkylation sites (tertiary alicyclic amines) is 1. The van der Waals surface area contributed by atoms with E-state index >= 15 is 0 Å². The average molecular weight is 288 g/mol. The summed E-state index contributed by atoms with van der Waals surface area (Å²) in [5.41, 5.74) is 2.17. The Morgan fingerprint density at radius 1 is 1.38 bits per heavy atom. The number of nitrogens with one attached hydrogen (secondary N) is 1. The van der Waals surface area contributed by atoms with Crippen molar-refractivity contribution < 1.29 is 4.79 Å². The first-order valence-corrected chi connectivity index (χ1v) is 8.17. The number of nitrogens with zero attached hydrogens (tertiary/aromatic N) is 1. The number of carbonyl (C=O) groups is 1. The topological polar surface area (TPSA) is 32.3 Å². The van der Waals surface area contributed by atoms with Gasteiger partial charge < -0.3 is 10.2 Å². The maximum Gasteiger partial charge on any atom is 0.225 e. The molecule has 1 fully saturated rings. The molecule has 2 rings (SSSR count). The first kappa shape index (κ1) is 16.0. The number of amides is 1. The van der Waals surface area contributed by atoms with Gasteiger partial charge in [0.1, 0.15) is 0 Å². The molecular weight excluding hydrogens is 260 g/mol. The van der Waals surface area contributed by atoms with Gasteiger partial charge in [0.15, 0.2) is 0 Å². The third-order valence-corrected chi connectivity index (χ3v) is 4.25. The van der Waals surface area contributed by atoms with Gasteiger partial charge in [-0.2, -0.15) is 0 Å². The lowest BCUT2D eigenvalue weighted by Crippen LogP contribution is -2.36. The van der Waals surface area contributed by atoms with E-state index in [1.54, 1.807) is 0 Å². The lowest BCUT2D eigenvalue weighted by Gasteiger charge is -2.30. The zero-order valence-corrected chi connectivity index (χ0v) is 13.6. The summed E-state index contributed by atoms with van der Waals surface area (Å²) in [6, 6.07) is 8.09. The number of carbonyl (C=O) groups excluding carboxylic acids is 1. The molecule has 0 saturated carbocycles. The van der Waals surface area contributed by atoms with Gasteiger partial charge in [-0.25, -0.2) is 0 Å². The second kappa shape index (κ2) is 7.60. The lowest BCUT2D eigenvalue weighted by molar-refractivity contribution is -0.116. The fraction of sp³-hybridized carbons (Fsp3) is 0.611. The van der Waals surface area contributed by atoms with Crippen LogP contribution in [0.3, 0.4) is 0 Å². The molecule has 3 nitrogen and oxygen atoms in total. The fourth-order valence-electron chi connectivity index (χ4n) is 3.08. The molecule has 1 aliphatic heterocycles. The van der Waals surface area contributed by atoms with Crippen molar-refractivity contribution in [1.29, 1.82) is 0 Å². The normalized spacial score (nSPS) is 19.7. The zero-order chi connectivity index (χ0) is 15.2. The molecule has 21 heavy (non-hydrogen) atoms. The van der Waals surface area contributed by atoms with Crippen LogP contribution >= 0.6 is 0 Å². The van der Waals surface area contributed by atoms with Crippen LogP contribution in [0.15, 0.2) is 24.3 Å². The van der Waals surface area contributed by atoms with Gasteiger partial charge in [0.25, 0.3) is 0 Å². The first-order valence-electron chi connectivity index (χ1n) is 8.17. The molecule has 1 saturated heterocycles. The molecule has 0 spiro atoms. The van der Waals surface area contributed by atoms with Crippen molar-refractivity contribution in [3.8, 4) is 0 Å². The van der Waals surface area contributed by atoms with E-state index in [-0.39, 0.29) is 5.91 Å². The van der Waals surface area contributed by atoms with Crippen LogP contribution in [0, 0.1) is 5.92 Å². The summed E-state index contributed by atoms with van der Waals surface area (Å²) in [5, 5.41) is 3.08. The highest BCUT2D eigenvalue weighted by molar-refractivity contribution is 5.91. The second-order valence-electron chi connectivity index (χ2n) is 6.59. The van der Waals surface area contributed by atoms with E-state index in [0.717, 1.165) is 31.2 Å². The summed E-state index contributed by atoms with van der Waals surface area (Å²) in [6.07, 6.45) is 3.17. The molecule has 1 amide bonds. The molecule has 1 unspecified atom stereocenters. The highest BCUT2D eigenvalue weighted by Crippen LogP contribution is 2.23. The van der Waals surface area contributed by atoms with Gasteiger partial charge >= 0.3 is 0 Å². The molecule has 1 aromatic carbocycles. The number of benzene rings is 1. The summed E-state index contributed by atoms with van der Waals surface area (Å²) >= 11 is 0. The fourth-order valence-corrected chi connectivity index (χ4v) is 3.08. The van der Waals surface area contributed by atoms with Crippen molar-refractivity contribution in [2.45, 2.75) is 46.0 Å². The van der Waals surface area contributed by atoms with Gasteiger partial charge in [0.2, 0.25) is 5.91 Å². The number of rotatable bonds is 5. The average Bonchev–Trinajstić information content (AvgIpc) is 2.45. The van der Waals surface area contributed by atoms with E-state index < -0.39 is 0 Å². The monoisotopic (exact) mass is 288 g/mol. The van der Waals surface area contributed by atoms with E-state index in [1.165, 1.54) is 18.4 Å². The van der Waals surface area contributed by atoms with Crippen molar-refractivity contribution in [2.24, 2.45) is 5.92 Å². The minimum absolute atomic E-state index is 0.126. The maximum absolute atomic E-state index is 12.2. The van der Waals surface area contributed by atoms with Crippen LogP contribution in [0.1, 0.15) is 51.5 Å². The molecule has 0 aromatic heterocycles. The summed E-state index contributed by atoms with van der Waals surface area (Å²) < 4.78 is 0. The van der Waals surface area contributed by atoms with E-state index in [1.807, 2.05) is 18.2 Å². The smallest absolute Gasteiger partial charge is 0.225 e. The van der Waals surface area contributed by atoms with E-state index in [2.05, 4.69) is 37.1 Å². The summed E-state index contributed by atoms with van der Waals surface area (Å²) in [4.78, 5) is 14.6. The molecule has 0 radical (unpaired) electrons. The van der Waals surface area contributed by atoms with Crippen LogP contribution in [-0.4, -0.2) is 30.4 Å². The number of anilines is 1. The van der Waals surface area contributed by atoms with Crippen molar-refractivity contribution in [1.82, 2.24) is 4.90 Å². The molecular formula is C18H28N2O. The Hall–Kier alpha value is -1.35. The highest BCUT2D eigenvalue weighted by atomic mass is 16.1. The summed E-state index contributed by atoms with van der Waals surface area (Å²) in [5.74, 6) is 1.31. The summed E-state index contributed by atoms with van der Waals surface area (Å²) in [6.45, 7) is 9.75. The lowest BCUT2D eigenvalue weighted by atomic mass is 10.00. The molecule has 3 heteroatoms. The SMILES string of the molecule is CC1CCCN(CCC(=O)Nc2ccccc2C(C)C)C1. The minimum Gasteiger partial charge on any atom is -0.326 e. The third kappa shape index (κ3) is 4.85. The van der Waals surface area contributed by atoms with Crippen LogP contribution in [-0.2, 0) is 4.79 Å². The van der Waals surface area contributed by atoms with Crippen LogP contribution < -0.4 is 5.32 Å². The minimum atomic E-state index is 0.126. The van der Waals surface area contributed by atoms with Crippen molar-refractivity contribution in [3.63, 3.8) is 0 Å². The standard InChI is InChI=1S/C18H28N2O/c1-14(2)16-8-4-5-9-17(16)19-18(21)10-12-20-11-6-7-15(3)13-20/h4-5,8-9,14-15H,6-7,10-13H2,1-3H3,(H,19,21). The summed E-state index contributed by atoms with van der Waals surface area (Å²) in [7, 11) is 0. The predicted molar refractivity (Wildman–Crippen MR) is 88.6 cm³/mol. The van der Waals surface area contributed by atoms with E-state index in [9.17, 15) is 4.79 Å². The van der Waals surface area contributed by atoms with Crippen LogP contribution in [0.5, 0.6) is 0 Å². The van der Waals surface area contributed by atoms with Gasteiger partial charge in [0.05, 0.1) is 0 Å². The molecule has 1 heterocycles. The second-order valence-corrected chi connectivity index (χ2v) is 6.59. The Morgan fingerprint density at radius 3 is 2.86 bits per heavy atom. The third-order valence-electron chi connectivity index (χ3n) is 4.25. The van der Waals surface area contributed by atoms with Gasteiger partial charge in [-0.1, -0.05) is 39.0 Å². The van der Waals surface area contributed by atoms with Crippen LogP contribution in [0.25, 0.3) is 0 Å². The molecule has 1 atom stereocenters. The Morgan fingerprint density at radius 2 is 2.14 bits per heavy atom. The molecule has 0 bridgehead atoms. The van der Waals surface area contributed by atoms with E-state index in [0.29, 0.717) is 12.3 Å². The quantitative estimate of drug-likeness (QED) is 0.892. The number of hydrogen-bond acceptors (Lipinski definition) is 2. The van der Waals surface area contributed by atoms with Crippen molar-refractivity contribution in [2.75, 3.05) is 25.0 Å². The Kier molecular flexibility index (Phi) is 5.80. The van der Waals surface area contributed by atoms with Crippen LogP contribution in [0.4, 0.5) is 5.69 Å². The van der Waals surface area contributed by atoms with E-state index in [4.69, 9.17) is 0 Å². The maximum atomic E-state index is 12.2. The molecule has 1 N–H and O–H groups in total. The molecule has 0 aliphatic carbocycles. The Labute approximate surface area is 128 Å². The number of piperidine rings is 1. The first-order chi connectivity index (χ1) is 10.1. The molecule has 1 aliphatic rings. The van der Waals surface area contributed by atoms with Crippen LogP contribution in [0.2, 0.25) is 0 Å². The van der Waals surface area contributed by atoms with Gasteiger partial charge in [-0.15, -0.1) is 0 Å². The number of para-hydroxylation sites is 1. The highest BCUT2D eigenvalue weighted by Gasteiger charge is 2.17. The Bertz CT molecular complexity index is 470. The van der Waals surface area contributed by atoms with Crippen molar-refractivity contribution in [3.05, 3.63) is 29.8 Å². The Balaban J connectivity index is 1.84. The largest absolute Gasteiger partial charge is 0.326 e. The van der Waals surface area contributed by atoms with Gasteiger partial charge in [-0.3, -0.25) is 4.79 Å². The number of hydrogen-bond donors (Lipinski definition) is 1. The molecule has 1 aromatic rings. The zero-order valence-electron chi connectivity index (χ0n) is 13.6. The van der Waals surface area contributed by atoms with Gasteiger partial charge in [-0.05, 0) is 42.9 Å². The molecule has 116 valence electrons. The van der Waals surface area contributed by atoms with Gasteiger partial charge in [0, 0.05) is 25.2 Å². The van der Waals surface area contributed by atoms with Crippen molar-refractivity contribution >= 4 is 11.6 Å².